The molecule has 1 atom stereocenters. The highest BCUT2D eigenvalue weighted by Crippen LogP contribution is 2.33. The minimum atomic E-state index is -4.21. The topological polar surface area (TPSA) is 131 Å². The number of carbonyl (C=O) groups is 3. The number of piperazine rings is 1. The minimum absolute atomic E-state index is 0.0136. The summed E-state index contributed by atoms with van der Waals surface area (Å²) >= 11 is 0. The van der Waals surface area contributed by atoms with E-state index >= 15 is 4.39 Å². The van der Waals surface area contributed by atoms with Gasteiger partial charge in [0.15, 0.2) is 0 Å². The number of hydrogen-bond donors (Lipinski definition) is 1. The van der Waals surface area contributed by atoms with Gasteiger partial charge in [-0.15, -0.1) is 0 Å². The number of amides is 3. The van der Waals surface area contributed by atoms with E-state index in [9.17, 15) is 27.2 Å². The Hall–Kier alpha value is -3.89. The average molecular weight is 530 g/mol. The molecule has 1 unspecified atom stereocenters. The van der Waals surface area contributed by atoms with E-state index < -0.39 is 50.3 Å². The molecule has 3 amide bonds. The van der Waals surface area contributed by atoms with Crippen molar-refractivity contribution in [2.24, 2.45) is 0 Å². The number of halogens is 2. The Morgan fingerprint density at radius 1 is 1.00 bits per heavy atom. The molecule has 3 aliphatic rings. The minimum Gasteiger partial charge on any atom is -0.367 e. The first kappa shape index (κ1) is 24.8. The maximum absolute atomic E-state index is 15.1. The van der Waals surface area contributed by atoms with E-state index in [1.807, 2.05) is 0 Å². The molecule has 2 aromatic rings. The van der Waals surface area contributed by atoms with Crippen molar-refractivity contribution in [2.45, 2.75) is 30.3 Å². The van der Waals surface area contributed by atoms with Crippen molar-refractivity contribution in [3.8, 4) is 6.07 Å². The van der Waals surface area contributed by atoms with E-state index in [0.29, 0.717) is 5.56 Å². The van der Waals surface area contributed by atoms with Gasteiger partial charge in [-0.1, -0.05) is 0 Å². The zero-order chi connectivity index (χ0) is 26.5. The molecule has 13 heteroatoms. The van der Waals surface area contributed by atoms with Gasteiger partial charge in [0.2, 0.25) is 21.8 Å². The van der Waals surface area contributed by atoms with E-state index in [0.717, 1.165) is 22.5 Å². The van der Waals surface area contributed by atoms with Crippen molar-refractivity contribution in [3.05, 3.63) is 58.7 Å². The number of fused-ring (bicyclic) bond motifs is 1. The lowest BCUT2D eigenvalue weighted by Gasteiger charge is -2.35. The van der Waals surface area contributed by atoms with Crippen LogP contribution in [0.4, 0.5) is 14.5 Å². The van der Waals surface area contributed by atoms with Crippen LogP contribution in [-0.2, 0) is 26.2 Å². The van der Waals surface area contributed by atoms with Crippen LogP contribution in [0.5, 0.6) is 0 Å². The number of piperidine rings is 1. The average Bonchev–Trinajstić information content (AvgIpc) is 3.18. The fourth-order valence-electron chi connectivity index (χ4n) is 4.90. The fraction of sp³-hybridized carbons (Fsp3) is 0.333. The molecule has 0 aromatic heterocycles. The van der Waals surface area contributed by atoms with Crippen LogP contribution >= 0.6 is 0 Å². The zero-order valence-electron chi connectivity index (χ0n) is 19.4. The summed E-state index contributed by atoms with van der Waals surface area (Å²) < 4.78 is 56.4. The number of benzene rings is 2. The molecule has 2 fully saturated rings. The molecule has 2 saturated heterocycles. The number of nitrogens with zero attached hydrogens (tertiary/aromatic N) is 4. The summed E-state index contributed by atoms with van der Waals surface area (Å²) in [5.74, 6) is -3.09. The predicted molar refractivity (Wildman–Crippen MR) is 125 cm³/mol. The maximum atomic E-state index is 15.1. The number of imide groups is 1. The first-order valence-corrected chi connectivity index (χ1v) is 13.0. The van der Waals surface area contributed by atoms with Crippen LogP contribution in [-0.4, -0.2) is 67.6 Å². The van der Waals surface area contributed by atoms with Gasteiger partial charge in [-0.25, -0.2) is 17.2 Å². The summed E-state index contributed by atoms with van der Waals surface area (Å²) in [6, 6.07) is 6.72. The summed E-state index contributed by atoms with van der Waals surface area (Å²) in [6.45, 7) is 0.210. The second-order valence-corrected chi connectivity index (χ2v) is 10.9. The number of anilines is 1. The van der Waals surface area contributed by atoms with Crippen molar-refractivity contribution < 1.29 is 31.6 Å². The van der Waals surface area contributed by atoms with E-state index in [1.54, 1.807) is 11.0 Å². The second-order valence-electron chi connectivity index (χ2n) is 9.01. The number of carbonyl (C=O) groups excluding carboxylic acids is 3. The Balaban J connectivity index is 1.32. The number of nitriles is 1. The molecule has 0 spiro atoms. The first-order valence-electron chi connectivity index (χ1n) is 11.5. The lowest BCUT2D eigenvalue weighted by atomic mass is 10.0. The van der Waals surface area contributed by atoms with E-state index in [1.165, 1.54) is 17.0 Å². The smallest absolute Gasteiger partial charge is 0.255 e. The van der Waals surface area contributed by atoms with Gasteiger partial charge in [-0.2, -0.15) is 9.57 Å². The molecule has 0 radical (unpaired) electrons. The SMILES string of the molecule is N#Cc1ccc(F)c(S(=O)(=O)N2CCN(c3cc4c(cc3F)C(=O)N(C3CCC(=O)NC3=O)C4)CC2)c1. The van der Waals surface area contributed by atoms with Gasteiger partial charge in [0.1, 0.15) is 22.6 Å². The molecule has 10 nitrogen and oxygen atoms in total. The molecular weight excluding hydrogens is 508 g/mol. The Kier molecular flexibility index (Phi) is 6.17. The summed E-state index contributed by atoms with van der Waals surface area (Å²) in [5, 5.41) is 11.3. The Morgan fingerprint density at radius 2 is 1.73 bits per heavy atom. The lowest BCUT2D eigenvalue weighted by Crippen LogP contribution is -2.52. The van der Waals surface area contributed by atoms with Crippen LogP contribution < -0.4 is 10.2 Å². The first-order chi connectivity index (χ1) is 17.6. The monoisotopic (exact) mass is 529 g/mol. The summed E-state index contributed by atoms with van der Waals surface area (Å²) in [6.07, 6.45) is 0.294. The highest BCUT2D eigenvalue weighted by atomic mass is 32.2. The molecule has 3 heterocycles. The molecular formula is C24H21F2N5O5S. The number of sulfonamides is 1. The maximum Gasteiger partial charge on any atom is 0.255 e. The quantitative estimate of drug-likeness (QED) is 0.587. The van der Waals surface area contributed by atoms with Crippen LogP contribution in [0.1, 0.15) is 34.3 Å². The molecule has 37 heavy (non-hydrogen) atoms. The van der Waals surface area contributed by atoms with Crippen molar-refractivity contribution in [1.82, 2.24) is 14.5 Å². The van der Waals surface area contributed by atoms with Crippen LogP contribution in [0.15, 0.2) is 35.2 Å². The Labute approximate surface area is 211 Å². The van der Waals surface area contributed by atoms with Gasteiger partial charge in [0.25, 0.3) is 5.91 Å². The highest BCUT2D eigenvalue weighted by Gasteiger charge is 2.40. The van der Waals surface area contributed by atoms with Crippen molar-refractivity contribution in [1.29, 1.82) is 5.26 Å². The van der Waals surface area contributed by atoms with Gasteiger partial charge in [-0.3, -0.25) is 19.7 Å². The van der Waals surface area contributed by atoms with Crippen LogP contribution in [0, 0.1) is 23.0 Å². The molecule has 2 aromatic carbocycles. The molecule has 3 aliphatic heterocycles. The molecule has 0 bridgehead atoms. The molecule has 0 saturated carbocycles. The third kappa shape index (κ3) is 4.32. The third-order valence-electron chi connectivity index (χ3n) is 6.85. The van der Waals surface area contributed by atoms with E-state index in [2.05, 4.69) is 5.32 Å². The molecule has 5 rings (SSSR count). The molecule has 0 aliphatic carbocycles. The number of nitrogens with one attached hydrogen (secondary N) is 1. The van der Waals surface area contributed by atoms with Crippen molar-refractivity contribution in [3.63, 3.8) is 0 Å². The predicted octanol–water partition coefficient (Wildman–Crippen LogP) is 1.11. The van der Waals surface area contributed by atoms with Crippen molar-refractivity contribution >= 4 is 33.4 Å². The van der Waals surface area contributed by atoms with Crippen LogP contribution in [0.25, 0.3) is 0 Å². The lowest BCUT2D eigenvalue weighted by molar-refractivity contribution is -0.136. The number of rotatable bonds is 4. The largest absolute Gasteiger partial charge is 0.367 e. The summed E-state index contributed by atoms with van der Waals surface area (Å²) in [5.41, 5.74) is 0.864. The zero-order valence-corrected chi connectivity index (χ0v) is 20.2. The van der Waals surface area contributed by atoms with Gasteiger partial charge >= 0.3 is 0 Å². The standard InChI is InChI=1S/C24H21F2N5O5S/c25-17-2-1-14(12-27)9-21(17)37(35,36)30-7-5-29(6-8-30)20-10-15-13-31(24(34)16(15)11-18(20)26)19-3-4-22(32)28-23(19)33/h1-2,9-11,19H,3-8,13H2,(H,28,32,33). The molecule has 1 N–H and O–H groups in total. The Bertz CT molecular complexity index is 1480. The van der Waals surface area contributed by atoms with E-state index in [4.69, 9.17) is 5.26 Å². The van der Waals surface area contributed by atoms with Crippen LogP contribution in [0.3, 0.4) is 0 Å². The van der Waals surface area contributed by atoms with Crippen molar-refractivity contribution in [2.75, 3.05) is 31.1 Å². The van der Waals surface area contributed by atoms with E-state index in [-0.39, 0.29) is 62.4 Å². The van der Waals surface area contributed by atoms with Gasteiger partial charge in [0.05, 0.1) is 17.3 Å². The number of hydrogen-bond acceptors (Lipinski definition) is 7. The summed E-state index contributed by atoms with van der Waals surface area (Å²) in [7, 11) is -4.21. The normalized spacial score (nSPS) is 20.6. The highest BCUT2D eigenvalue weighted by molar-refractivity contribution is 7.89. The van der Waals surface area contributed by atoms with Crippen LogP contribution in [0.2, 0.25) is 0 Å². The Morgan fingerprint density at radius 3 is 2.41 bits per heavy atom. The fourth-order valence-corrected chi connectivity index (χ4v) is 6.41. The summed E-state index contributed by atoms with van der Waals surface area (Å²) in [4.78, 5) is 38.9. The van der Waals surface area contributed by atoms with Gasteiger partial charge < -0.3 is 9.80 Å². The van der Waals surface area contributed by atoms with Gasteiger partial charge in [-0.05, 0) is 42.3 Å². The molecule has 192 valence electrons. The third-order valence-corrected chi connectivity index (χ3v) is 8.76. The second kappa shape index (κ2) is 9.20. The van der Waals surface area contributed by atoms with Gasteiger partial charge in [0, 0.05) is 44.7 Å².